The number of hydrogen-bond acceptors (Lipinski definition) is 2. The van der Waals surface area contributed by atoms with Crippen LogP contribution in [-0.4, -0.2) is 16.9 Å². The predicted octanol–water partition coefficient (Wildman–Crippen LogP) is 5.24. The first-order valence-corrected chi connectivity index (χ1v) is 8.89. The molecule has 2 aromatic rings. The van der Waals surface area contributed by atoms with E-state index in [9.17, 15) is 9.59 Å². The Kier molecular flexibility index (Phi) is 6.51. The zero-order chi connectivity index (χ0) is 18.4. The van der Waals surface area contributed by atoms with Gasteiger partial charge in [-0.1, -0.05) is 69.3 Å². The van der Waals surface area contributed by atoms with E-state index in [-0.39, 0.29) is 17.6 Å². The van der Waals surface area contributed by atoms with E-state index in [0.29, 0.717) is 6.42 Å². The smallest absolute Gasteiger partial charge is 0.306 e. The summed E-state index contributed by atoms with van der Waals surface area (Å²) < 4.78 is 0. The lowest BCUT2D eigenvalue weighted by Gasteiger charge is -2.12. The van der Waals surface area contributed by atoms with Crippen LogP contribution in [0.3, 0.4) is 0 Å². The van der Waals surface area contributed by atoms with Crippen molar-refractivity contribution in [2.45, 2.75) is 40.0 Å². The second-order valence-electron chi connectivity index (χ2n) is 6.69. The Bertz CT molecular complexity index is 731. The molecule has 2 aromatic carbocycles. The summed E-state index contributed by atoms with van der Waals surface area (Å²) in [5.74, 6) is -0.901. The Morgan fingerprint density at radius 2 is 1.60 bits per heavy atom. The fraction of sp³-hybridized carbons (Fsp3) is 0.364. The molecule has 0 saturated carbocycles. The average molecular weight is 338 g/mol. The van der Waals surface area contributed by atoms with Crippen molar-refractivity contribution in [1.82, 2.24) is 0 Å². The van der Waals surface area contributed by atoms with Gasteiger partial charge >= 0.3 is 5.97 Å². The summed E-state index contributed by atoms with van der Waals surface area (Å²) in [7, 11) is 0. The van der Waals surface area contributed by atoms with Crippen molar-refractivity contribution >= 4 is 11.8 Å². The maximum absolute atomic E-state index is 12.3. The van der Waals surface area contributed by atoms with Gasteiger partial charge in [-0.25, -0.2) is 0 Å². The maximum Gasteiger partial charge on any atom is 0.306 e. The Hall–Kier alpha value is -2.42. The largest absolute Gasteiger partial charge is 0.481 e. The molecule has 0 aliphatic heterocycles. The molecule has 0 radical (unpaired) electrons. The summed E-state index contributed by atoms with van der Waals surface area (Å²) in [6.07, 6.45) is 2.17. The molecule has 2 unspecified atom stereocenters. The molecule has 0 aliphatic carbocycles. The number of carbonyl (C=O) groups is 2. The van der Waals surface area contributed by atoms with Gasteiger partial charge < -0.3 is 5.11 Å². The number of carbonyl (C=O) groups excluding carboxylic acids is 1. The number of carboxylic acids is 1. The van der Waals surface area contributed by atoms with E-state index in [0.717, 1.165) is 35.1 Å². The van der Waals surface area contributed by atoms with E-state index in [1.807, 2.05) is 62.4 Å². The normalized spacial score (nSPS) is 13.2. The maximum atomic E-state index is 12.3. The highest BCUT2D eigenvalue weighted by Gasteiger charge is 2.15. The molecule has 132 valence electrons. The lowest BCUT2D eigenvalue weighted by molar-refractivity contribution is -0.141. The first-order chi connectivity index (χ1) is 11.9. The predicted molar refractivity (Wildman–Crippen MR) is 101 cm³/mol. The van der Waals surface area contributed by atoms with Gasteiger partial charge in [0.05, 0.1) is 5.92 Å². The van der Waals surface area contributed by atoms with Crippen LogP contribution in [0.4, 0.5) is 0 Å². The van der Waals surface area contributed by atoms with Crippen LogP contribution in [0.15, 0.2) is 48.5 Å². The van der Waals surface area contributed by atoms with Gasteiger partial charge in [0.2, 0.25) is 0 Å². The summed E-state index contributed by atoms with van der Waals surface area (Å²) in [4.78, 5) is 23.3. The van der Waals surface area contributed by atoms with Crippen LogP contribution in [0, 0.1) is 11.8 Å². The fourth-order valence-corrected chi connectivity index (χ4v) is 2.80. The van der Waals surface area contributed by atoms with Gasteiger partial charge in [0.25, 0.3) is 0 Å². The molecule has 0 aliphatic rings. The third kappa shape index (κ3) is 4.79. The third-order valence-electron chi connectivity index (χ3n) is 4.83. The van der Waals surface area contributed by atoms with E-state index in [2.05, 4.69) is 0 Å². The number of carboxylic acid groups (broad SMARTS) is 1. The lowest BCUT2D eigenvalue weighted by Crippen LogP contribution is -2.10. The van der Waals surface area contributed by atoms with Gasteiger partial charge in [-0.3, -0.25) is 9.59 Å². The Morgan fingerprint density at radius 3 is 2.20 bits per heavy atom. The van der Waals surface area contributed by atoms with Crippen LogP contribution >= 0.6 is 0 Å². The number of benzene rings is 2. The Labute approximate surface area is 149 Å². The van der Waals surface area contributed by atoms with E-state index in [4.69, 9.17) is 5.11 Å². The van der Waals surface area contributed by atoms with Crippen LogP contribution in [0.1, 0.15) is 49.5 Å². The quantitative estimate of drug-likeness (QED) is 0.670. The molecule has 2 atom stereocenters. The molecule has 25 heavy (non-hydrogen) atoms. The molecule has 0 amide bonds. The summed E-state index contributed by atoms with van der Waals surface area (Å²) in [6.45, 7) is 5.71. The molecule has 0 aromatic heterocycles. The minimum absolute atomic E-state index is 0.0376. The number of hydrogen-bond donors (Lipinski definition) is 1. The van der Waals surface area contributed by atoms with Crippen molar-refractivity contribution in [3.63, 3.8) is 0 Å². The van der Waals surface area contributed by atoms with Gasteiger partial charge in [0.15, 0.2) is 5.78 Å². The van der Waals surface area contributed by atoms with Gasteiger partial charge in [-0.15, -0.1) is 0 Å². The second-order valence-corrected chi connectivity index (χ2v) is 6.69. The fourth-order valence-electron chi connectivity index (χ4n) is 2.80. The minimum Gasteiger partial charge on any atom is -0.481 e. The van der Waals surface area contributed by atoms with Crippen molar-refractivity contribution in [2.24, 2.45) is 11.8 Å². The highest BCUT2D eigenvalue weighted by molar-refractivity contribution is 5.98. The van der Waals surface area contributed by atoms with Gasteiger partial charge in [-0.2, -0.15) is 0 Å². The third-order valence-corrected chi connectivity index (χ3v) is 4.83. The van der Waals surface area contributed by atoms with E-state index >= 15 is 0 Å². The van der Waals surface area contributed by atoms with E-state index in [1.54, 1.807) is 6.92 Å². The first-order valence-electron chi connectivity index (χ1n) is 8.89. The monoisotopic (exact) mass is 338 g/mol. The molecule has 3 heteroatoms. The molecule has 1 N–H and O–H groups in total. The molecule has 0 spiro atoms. The van der Waals surface area contributed by atoms with Crippen molar-refractivity contribution in [3.05, 3.63) is 59.7 Å². The van der Waals surface area contributed by atoms with Crippen LogP contribution < -0.4 is 0 Å². The number of aliphatic carboxylic acids is 1. The SMILES string of the molecule is CCC(C)C(=O)c1ccc(-c2ccccc2CCC(C)C(=O)O)cc1. The number of ketones is 1. The number of aryl methyl sites for hydroxylation is 1. The van der Waals surface area contributed by atoms with E-state index < -0.39 is 5.97 Å². The highest BCUT2D eigenvalue weighted by Crippen LogP contribution is 2.26. The topological polar surface area (TPSA) is 54.4 Å². The summed E-state index contributed by atoms with van der Waals surface area (Å²) in [6, 6.07) is 15.8. The highest BCUT2D eigenvalue weighted by atomic mass is 16.4. The molecule has 2 rings (SSSR count). The van der Waals surface area contributed by atoms with E-state index in [1.165, 1.54) is 0 Å². The molecule has 0 heterocycles. The standard InChI is InChI=1S/C22H26O3/c1-4-15(2)21(23)19-13-11-18(12-14-19)20-8-6-5-7-17(20)10-9-16(3)22(24)25/h5-8,11-16H,4,9-10H2,1-3H3,(H,24,25). The molecular formula is C22H26O3. The molecule has 0 fully saturated rings. The van der Waals surface area contributed by atoms with Crippen LogP contribution in [0.5, 0.6) is 0 Å². The van der Waals surface area contributed by atoms with Crippen molar-refractivity contribution in [1.29, 1.82) is 0 Å². The summed E-state index contributed by atoms with van der Waals surface area (Å²) >= 11 is 0. The lowest BCUT2D eigenvalue weighted by atomic mass is 9.92. The molecule has 3 nitrogen and oxygen atoms in total. The number of rotatable bonds is 8. The van der Waals surface area contributed by atoms with Crippen LogP contribution in [-0.2, 0) is 11.2 Å². The van der Waals surface area contributed by atoms with Crippen LogP contribution in [0.2, 0.25) is 0 Å². The van der Waals surface area contributed by atoms with Gasteiger partial charge in [-0.05, 0) is 36.0 Å². The summed E-state index contributed by atoms with van der Waals surface area (Å²) in [5, 5.41) is 9.06. The van der Waals surface area contributed by atoms with Gasteiger partial charge in [0, 0.05) is 11.5 Å². The summed E-state index contributed by atoms with van der Waals surface area (Å²) in [5.41, 5.74) is 4.04. The van der Waals surface area contributed by atoms with Crippen molar-refractivity contribution in [3.8, 4) is 11.1 Å². The Balaban J connectivity index is 2.21. The first kappa shape index (κ1) is 18.9. The average Bonchev–Trinajstić information content (AvgIpc) is 2.65. The Morgan fingerprint density at radius 1 is 0.960 bits per heavy atom. The van der Waals surface area contributed by atoms with Crippen molar-refractivity contribution in [2.75, 3.05) is 0 Å². The van der Waals surface area contributed by atoms with Gasteiger partial charge in [0.1, 0.15) is 0 Å². The number of Topliss-reactive ketones (excluding diaryl/α,β-unsaturated/α-hetero) is 1. The molecule has 0 saturated heterocycles. The molecular weight excluding hydrogens is 312 g/mol. The second kappa shape index (κ2) is 8.61. The molecule has 0 bridgehead atoms. The minimum atomic E-state index is -0.759. The van der Waals surface area contributed by atoms with Crippen molar-refractivity contribution < 1.29 is 14.7 Å². The zero-order valence-electron chi connectivity index (χ0n) is 15.2. The zero-order valence-corrected chi connectivity index (χ0v) is 15.2. The van der Waals surface area contributed by atoms with Crippen LogP contribution in [0.25, 0.3) is 11.1 Å².